The largest absolute Gasteiger partial charge is 0.480 e. The van der Waals surface area contributed by atoms with E-state index in [1.807, 2.05) is 54.7 Å². The molecule has 2 aromatic carbocycles. The maximum atomic E-state index is 11.4. The molecule has 6 nitrogen and oxygen atoms in total. The molecule has 0 amide bonds. The molecule has 0 bridgehead atoms. The summed E-state index contributed by atoms with van der Waals surface area (Å²) in [5.74, 6) is -2.10. The third kappa shape index (κ3) is 3.37. The second-order valence-corrected chi connectivity index (χ2v) is 7.47. The van der Waals surface area contributed by atoms with Crippen LogP contribution >= 0.6 is 11.6 Å². The molecule has 0 fully saturated rings. The third-order valence-electron chi connectivity index (χ3n) is 5.28. The summed E-state index contributed by atoms with van der Waals surface area (Å²) in [5, 5.41) is 20.4. The smallest absolute Gasteiger partial charge is 0.317 e. The molecule has 1 aliphatic carbocycles. The van der Waals surface area contributed by atoms with Gasteiger partial charge in [0.25, 0.3) is 0 Å². The van der Waals surface area contributed by atoms with Gasteiger partial charge in [0.2, 0.25) is 0 Å². The maximum Gasteiger partial charge on any atom is 0.317 e. The Bertz CT molecular complexity index is 1050. The molecule has 7 heteroatoms. The SMILES string of the molecule is O=C(O)CN(CC(=O)O)[C@@H]1c2ccccc2C[C@H]1n1ccc2cc(Cl)ccc21. The molecule has 3 aromatic rings. The lowest BCUT2D eigenvalue weighted by Crippen LogP contribution is -2.40. The van der Waals surface area contributed by atoms with Crippen LogP contribution in [0.4, 0.5) is 0 Å². The van der Waals surface area contributed by atoms with Gasteiger partial charge in [0.05, 0.1) is 25.2 Å². The van der Waals surface area contributed by atoms with Crippen molar-refractivity contribution in [3.05, 3.63) is 70.9 Å². The molecule has 0 radical (unpaired) electrons. The predicted octanol–water partition coefficient (Wildman–Crippen LogP) is 3.60. The van der Waals surface area contributed by atoms with Gasteiger partial charge >= 0.3 is 11.9 Å². The summed E-state index contributed by atoms with van der Waals surface area (Å²) in [4.78, 5) is 24.4. The molecule has 1 aliphatic rings. The van der Waals surface area contributed by atoms with Crippen LogP contribution in [0.15, 0.2) is 54.7 Å². The highest BCUT2D eigenvalue weighted by atomic mass is 35.5. The summed E-state index contributed by atoms with van der Waals surface area (Å²) >= 11 is 6.11. The minimum absolute atomic E-state index is 0.116. The Morgan fingerprint density at radius 1 is 1.07 bits per heavy atom. The van der Waals surface area contributed by atoms with Crippen LogP contribution in [0.2, 0.25) is 5.02 Å². The van der Waals surface area contributed by atoms with E-state index >= 15 is 0 Å². The van der Waals surface area contributed by atoms with Crippen LogP contribution in [-0.4, -0.2) is 44.7 Å². The molecule has 0 spiro atoms. The van der Waals surface area contributed by atoms with Crippen LogP contribution in [-0.2, 0) is 16.0 Å². The highest BCUT2D eigenvalue weighted by Crippen LogP contribution is 2.44. The normalized spacial score (nSPS) is 18.5. The zero-order chi connectivity index (χ0) is 19.8. The summed E-state index contributed by atoms with van der Waals surface area (Å²) in [7, 11) is 0. The highest BCUT2D eigenvalue weighted by molar-refractivity contribution is 6.31. The summed E-state index contributed by atoms with van der Waals surface area (Å²) in [6, 6.07) is 15.0. The number of halogens is 1. The maximum absolute atomic E-state index is 11.4. The molecule has 0 unspecified atom stereocenters. The molecule has 2 N–H and O–H groups in total. The van der Waals surface area contributed by atoms with E-state index in [-0.39, 0.29) is 25.2 Å². The number of carboxylic acids is 2. The van der Waals surface area contributed by atoms with E-state index in [9.17, 15) is 19.8 Å². The minimum atomic E-state index is -1.05. The topological polar surface area (TPSA) is 82.8 Å². The van der Waals surface area contributed by atoms with Crippen molar-refractivity contribution in [2.75, 3.05) is 13.1 Å². The summed E-state index contributed by atoms with van der Waals surface area (Å²) in [6.07, 6.45) is 2.66. The molecular weight excluding hydrogens is 380 g/mol. The molecular formula is C21H19ClN2O4. The van der Waals surface area contributed by atoms with Crippen molar-refractivity contribution in [1.82, 2.24) is 9.47 Å². The van der Waals surface area contributed by atoms with E-state index < -0.39 is 11.9 Å². The van der Waals surface area contributed by atoms with E-state index in [1.165, 1.54) is 4.90 Å². The van der Waals surface area contributed by atoms with Gasteiger partial charge in [0.1, 0.15) is 0 Å². The average Bonchev–Trinajstić information content (AvgIpc) is 3.20. The van der Waals surface area contributed by atoms with E-state index in [2.05, 4.69) is 4.57 Å². The van der Waals surface area contributed by atoms with E-state index in [0.29, 0.717) is 11.4 Å². The molecule has 1 aromatic heterocycles. The van der Waals surface area contributed by atoms with Gasteiger partial charge in [-0.05, 0) is 41.8 Å². The molecule has 144 valence electrons. The number of carbonyl (C=O) groups is 2. The Balaban J connectivity index is 1.82. The molecule has 0 saturated heterocycles. The second kappa shape index (κ2) is 7.30. The lowest BCUT2D eigenvalue weighted by atomic mass is 10.0. The first kappa shape index (κ1) is 18.5. The minimum Gasteiger partial charge on any atom is -0.480 e. The van der Waals surface area contributed by atoms with Gasteiger partial charge in [-0.1, -0.05) is 35.9 Å². The van der Waals surface area contributed by atoms with E-state index in [4.69, 9.17) is 11.6 Å². The Labute approximate surface area is 166 Å². The van der Waals surface area contributed by atoms with Gasteiger partial charge in [-0.2, -0.15) is 0 Å². The number of aromatic nitrogens is 1. The Morgan fingerprint density at radius 3 is 2.50 bits per heavy atom. The van der Waals surface area contributed by atoms with Crippen molar-refractivity contribution in [3.63, 3.8) is 0 Å². The van der Waals surface area contributed by atoms with Gasteiger partial charge in [-0.3, -0.25) is 14.5 Å². The van der Waals surface area contributed by atoms with Crippen molar-refractivity contribution in [2.45, 2.75) is 18.5 Å². The number of benzene rings is 2. The molecule has 0 aliphatic heterocycles. The van der Waals surface area contributed by atoms with Crippen LogP contribution in [0, 0.1) is 0 Å². The first-order chi connectivity index (χ1) is 13.4. The van der Waals surface area contributed by atoms with Crippen LogP contribution in [0.1, 0.15) is 23.2 Å². The fourth-order valence-electron chi connectivity index (χ4n) is 4.27. The first-order valence-electron chi connectivity index (χ1n) is 8.95. The van der Waals surface area contributed by atoms with Crippen molar-refractivity contribution in [3.8, 4) is 0 Å². The van der Waals surface area contributed by atoms with Crippen LogP contribution < -0.4 is 0 Å². The van der Waals surface area contributed by atoms with E-state index in [0.717, 1.165) is 22.0 Å². The Morgan fingerprint density at radius 2 is 1.79 bits per heavy atom. The van der Waals surface area contributed by atoms with Gasteiger partial charge in [-0.25, -0.2) is 0 Å². The zero-order valence-corrected chi connectivity index (χ0v) is 15.7. The van der Waals surface area contributed by atoms with Crippen LogP contribution in [0.3, 0.4) is 0 Å². The fourth-order valence-corrected chi connectivity index (χ4v) is 4.45. The molecule has 0 saturated carbocycles. The second-order valence-electron chi connectivity index (χ2n) is 7.03. The van der Waals surface area contributed by atoms with Crippen LogP contribution in [0.5, 0.6) is 0 Å². The third-order valence-corrected chi connectivity index (χ3v) is 5.51. The summed E-state index contributed by atoms with van der Waals surface area (Å²) in [6.45, 7) is -0.681. The van der Waals surface area contributed by atoms with Crippen LogP contribution in [0.25, 0.3) is 10.9 Å². The molecule has 28 heavy (non-hydrogen) atoms. The molecule has 1 heterocycles. The number of rotatable bonds is 6. The lowest BCUT2D eigenvalue weighted by Gasteiger charge is -2.32. The summed E-state index contributed by atoms with van der Waals surface area (Å²) in [5.41, 5.74) is 3.07. The van der Waals surface area contributed by atoms with Gasteiger partial charge in [-0.15, -0.1) is 0 Å². The number of fused-ring (bicyclic) bond motifs is 2. The number of nitrogens with zero attached hydrogens (tertiary/aromatic N) is 2. The predicted molar refractivity (Wildman–Crippen MR) is 106 cm³/mol. The number of carboxylic acid groups (broad SMARTS) is 2. The standard InChI is InChI=1S/C21H19ClN2O4/c22-15-5-6-17-14(9-15)7-8-24(17)18-10-13-3-1-2-4-16(13)21(18)23(11-19(25)26)12-20(27)28/h1-9,18,21H,10-12H2,(H,25,26)(H,27,28)/t18-,21-/m1/s1. The highest BCUT2D eigenvalue weighted by Gasteiger charge is 2.39. The van der Waals surface area contributed by atoms with Gasteiger partial charge in [0.15, 0.2) is 0 Å². The van der Waals surface area contributed by atoms with Crippen molar-refractivity contribution < 1.29 is 19.8 Å². The number of aliphatic carboxylic acids is 2. The zero-order valence-electron chi connectivity index (χ0n) is 15.0. The monoisotopic (exact) mass is 398 g/mol. The first-order valence-corrected chi connectivity index (χ1v) is 9.33. The fraction of sp³-hybridized carbons (Fsp3) is 0.238. The van der Waals surface area contributed by atoms with Gasteiger partial charge in [0, 0.05) is 22.1 Å². The van der Waals surface area contributed by atoms with Gasteiger partial charge < -0.3 is 14.8 Å². The number of hydrogen-bond acceptors (Lipinski definition) is 3. The molecule has 2 atom stereocenters. The quantitative estimate of drug-likeness (QED) is 0.662. The van der Waals surface area contributed by atoms with Crippen molar-refractivity contribution in [1.29, 1.82) is 0 Å². The lowest BCUT2D eigenvalue weighted by molar-refractivity contribution is -0.143. The summed E-state index contributed by atoms with van der Waals surface area (Å²) < 4.78 is 2.10. The number of hydrogen-bond donors (Lipinski definition) is 2. The van der Waals surface area contributed by atoms with Crippen molar-refractivity contribution >= 4 is 34.4 Å². The average molecular weight is 399 g/mol. The Kier molecular flexibility index (Phi) is 4.83. The molecule has 4 rings (SSSR count). The Hall–Kier alpha value is -2.83. The van der Waals surface area contributed by atoms with Crippen molar-refractivity contribution in [2.24, 2.45) is 0 Å². The van der Waals surface area contributed by atoms with E-state index in [1.54, 1.807) is 0 Å².